The SMILES string of the molecule is O=C(CCC(=O)Nc1ccccc1OCC1CCCO1)Nc1ccccc1OCC1CCCO1. The molecule has 8 nitrogen and oxygen atoms in total. The number of nitrogens with one attached hydrogen (secondary N) is 2. The van der Waals surface area contributed by atoms with Crippen LogP contribution in [0.4, 0.5) is 11.4 Å². The van der Waals surface area contributed by atoms with Gasteiger partial charge in [0.1, 0.15) is 24.7 Å². The summed E-state index contributed by atoms with van der Waals surface area (Å²) < 4.78 is 22.9. The minimum atomic E-state index is -0.258. The summed E-state index contributed by atoms with van der Waals surface area (Å²) in [6.45, 7) is 2.42. The van der Waals surface area contributed by atoms with Gasteiger partial charge in [-0.1, -0.05) is 24.3 Å². The zero-order valence-electron chi connectivity index (χ0n) is 19.3. The molecule has 2 N–H and O–H groups in total. The summed E-state index contributed by atoms with van der Waals surface area (Å²) in [5.41, 5.74) is 1.16. The largest absolute Gasteiger partial charge is 0.489 e. The Balaban J connectivity index is 1.23. The average molecular weight is 469 g/mol. The third-order valence-electron chi connectivity index (χ3n) is 5.80. The molecule has 2 atom stereocenters. The molecule has 2 aliphatic heterocycles. The van der Waals surface area contributed by atoms with E-state index < -0.39 is 0 Å². The molecule has 2 aliphatic rings. The Bertz CT molecular complexity index is 876. The average Bonchev–Trinajstić information content (AvgIpc) is 3.56. The Morgan fingerprint density at radius 2 is 1.18 bits per heavy atom. The van der Waals surface area contributed by atoms with Gasteiger partial charge in [0.15, 0.2) is 0 Å². The van der Waals surface area contributed by atoms with Gasteiger partial charge >= 0.3 is 0 Å². The Hall–Kier alpha value is -3.10. The van der Waals surface area contributed by atoms with Crippen LogP contribution in [0, 0.1) is 0 Å². The molecular weight excluding hydrogens is 436 g/mol. The van der Waals surface area contributed by atoms with Gasteiger partial charge in [0.05, 0.1) is 23.6 Å². The van der Waals surface area contributed by atoms with Gasteiger partial charge in [-0.3, -0.25) is 9.59 Å². The first kappa shape index (κ1) is 24.0. The fourth-order valence-corrected chi connectivity index (χ4v) is 3.96. The lowest BCUT2D eigenvalue weighted by molar-refractivity contribution is -0.121. The van der Waals surface area contributed by atoms with Gasteiger partial charge in [-0.25, -0.2) is 0 Å². The fourth-order valence-electron chi connectivity index (χ4n) is 3.96. The van der Waals surface area contributed by atoms with Crippen molar-refractivity contribution in [3.05, 3.63) is 48.5 Å². The van der Waals surface area contributed by atoms with Crippen LogP contribution in [0.3, 0.4) is 0 Å². The second kappa shape index (κ2) is 12.4. The maximum atomic E-state index is 12.5. The summed E-state index contributed by atoms with van der Waals surface area (Å²) >= 11 is 0. The standard InChI is InChI=1S/C26H32N2O6/c29-25(27-21-9-1-3-11-23(21)33-17-19-7-5-15-31-19)13-14-26(30)28-22-10-2-4-12-24(22)34-18-20-8-6-16-32-20/h1-4,9-12,19-20H,5-8,13-18H2,(H,27,29)(H,28,30). The van der Waals surface area contributed by atoms with E-state index in [1.165, 1.54) is 0 Å². The van der Waals surface area contributed by atoms with E-state index in [2.05, 4.69) is 10.6 Å². The molecule has 0 radical (unpaired) electrons. The van der Waals surface area contributed by atoms with E-state index in [1.807, 2.05) is 36.4 Å². The molecule has 4 rings (SSSR count). The number of hydrogen-bond acceptors (Lipinski definition) is 6. The Morgan fingerprint density at radius 3 is 1.59 bits per heavy atom. The van der Waals surface area contributed by atoms with Gasteiger partial charge in [-0.2, -0.15) is 0 Å². The highest BCUT2D eigenvalue weighted by Gasteiger charge is 2.19. The van der Waals surface area contributed by atoms with Gasteiger partial charge in [-0.05, 0) is 49.9 Å². The molecule has 0 spiro atoms. The number of rotatable bonds is 11. The summed E-state index contributed by atoms with van der Waals surface area (Å²) in [4.78, 5) is 25.0. The third-order valence-corrected chi connectivity index (χ3v) is 5.80. The molecule has 0 bridgehead atoms. The van der Waals surface area contributed by atoms with Crippen LogP contribution in [-0.2, 0) is 19.1 Å². The van der Waals surface area contributed by atoms with Gasteiger partial charge in [-0.15, -0.1) is 0 Å². The summed E-state index contributed by atoms with van der Waals surface area (Å²) in [7, 11) is 0. The van der Waals surface area contributed by atoms with E-state index in [1.54, 1.807) is 12.1 Å². The van der Waals surface area contributed by atoms with Crippen molar-refractivity contribution in [2.24, 2.45) is 0 Å². The zero-order valence-corrected chi connectivity index (χ0v) is 19.3. The molecule has 0 aromatic heterocycles. The van der Waals surface area contributed by atoms with Crippen LogP contribution in [0.1, 0.15) is 38.5 Å². The quantitative estimate of drug-likeness (QED) is 0.514. The molecule has 2 aromatic carbocycles. The molecular formula is C26H32N2O6. The number of para-hydroxylation sites is 4. The molecule has 2 fully saturated rings. The minimum Gasteiger partial charge on any atom is -0.489 e. The van der Waals surface area contributed by atoms with Crippen molar-refractivity contribution < 1.29 is 28.5 Å². The molecule has 0 saturated carbocycles. The highest BCUT2D eigenvalue weighted by atomic mass is 16.5. The molecule has 2 amide bonds. The normalized spacial score (nSPS) is 19.5. The van der Waals surface area contributed by atoms with Crippen LogP contribution < -0.4 is 20.1 Å². The van der Waals surface area contributed by atoms with Crippen molar-refractivity contribution in [1.29, 1.82) is 0 Å². The van der Waals surface area contributed by atoms with Crippen LogP contribution >= 0.6 is 0 Å². The van der Waals surface area contributed by atoms with E-state index in [0.717, 1.165) is 38.9 Å². The lowest BCUT2D eigenvalue weighted by Crippen LogP contribution is -2.20. The Kier molecular flexibility index (Phi) is 8.76. The Labute approximate surface area is 199 Å². The van der Waals surface area contributed by atoms with E-state index in [4.69, 9.17) is 18.9 Å². The number of amides is 2. The van der Waals surface area contributed by atoms with Crippen LogP contribution in [0.25, 0.3) is 0 Å². The molecule has 182 valence electrons. The first-order valence-corrected chi connectivity index (χ1v) is 11.9. The van der Waals surface area contributed by atoms with E-state index in [-0.39, 0.29) is 36.9 Å². The van der Waals surface area contributed by atoms with Crippen LogP contribution in [-0.4, -0.2) is 50.4 Å². The van der Waals surface area contributed by atoms with Crippen molar-refractivity contribution in [2.75, 3.05) is 37.1 Å². The van der Waals surface area contributed by atoms with E-state index in [9.17, 15) is 9.59 Å². The molecule has 0 aliphatic carbocycles. The van der Waals surface area contributed by atoms with Crippen molar-refractivity contribution in [3.8, 4) is 11.5 Å². The smallest absolute Gasteiger partial charge is 0.224 e. The van der Waals surface area contributed by atoms with E-state index >= 15 is 0 Å². The zero-order chi connectivity index (χ0) is 23.6. The minimum absolute atomic E-state index is 0.0465. The maximum absolute atomic E-state index is 12.5. The third kappa shape index (κ3) is 7.20. The van der Waals surface area contributed by atoms with Crippen molar-refractivity contribution >= 4 is 23.2 Å². The van der Waals surface area contributed by atoms with Crippen molar-refractivity contribution in [2.45, 2.75) is 50.7 Å². The highest BCUT2D eigenvalue weighted by Crippen LogP contribution is 2.27. The first-order valence-electron chi connectivity index (χ1n) is 11.9. The summed E-state index contributed by atoms with van der Waals surface area (Å²) in [6.07, 6.45) is 4.31. The number of carbonyl (C=O) groups excluding carboxylic acids is 2. The Morgan fingerprint density at radius 1 is 0.735 bits per heavy atom. The lowest BCUT2D eigenvalue weighted by atomic mass is 10.2. The van der Waals surface area contributed by atoms with Crippen molar-refractivity contribution in [3.63, 3.8) is 0 Å². The molecule has 2 unspecified atom stereocenters. The number of benzene rings is 2. The highest BCUT2D eigenvalue weighted by molar-refractivity contribution is 5.98. The molecule has 2 heterocycles. The molecule has 2 saturated heterocycles. The number of anilines is 2. The monoisotopic (exact) mass is 468 g/mol. The molecule has 8 heteroatoms. The predicted molar refractivity (Wildman–Crippen MR) is 128 cm³/mol. The summed E-state index contributed by atoms with van der Waals surface area (Å²) in [5, 5.41) is 5.69. The molecule has 34 heavy (non-hydrogen) atoms. The fraction of sp³-hybridized carbons (Fsp3) is 0.462. The predicted octanol–water partition coefficient (Wildman–Crippen LogP) is 4.16. The van der Waals surface area contributed by atoms with Gasteiger partial charge in [0.2, 0.25) is 11.8 Å². The summed E-state index contributed by atoms with van der Waals surface area (Å²) in [5.74, 6) is 0.665. The van der Waals surface area contributed by atoms with Crippen molar-refractivity contribution in [1.82, 2.24) is 0 Å². The maximum Gasteiger partial charge on any atom is 0.224 e. The van der Waals surface area contributed by atoms with E-state index in [0.29, 0.717) is 36.1 Å². The first-order chi connectivity index (χ1) is 16.7. The second-order valence-electron chi connectivity index (χ2n) is 8.48. The van der Waals surface area contributed by atoms with Gasteiger partial charge in [0, 0.05) is 26.1 Å². The van der Waals surface area contributed by atoms with Gasteiger partial charge < -0.3 is 29.6 Å². The van der Waals surface area contributed by atoms with Crippen LogP contribution in [0.2, 0.25) is 0 Å². The van der Waals surface area contributed by atoms with Gasteiger partial charge in [0.25, 0.3) is 0 Å². The lowest BCUT2D eigenvalue weighted by Gasteiger charge is -2.16. The summed E-state index contributed by atoms with van der Waals surface area (Å²) in [6, 6.07) is 14.5. The van der Waals surface area contributed by atoms with Crippen LogP contribution in [0.15, 0.2) is 48.5 Å². The number of carbonyl (C=O) groups is 2. The topological polar surface area (TPSA) is 95.1 Å². The molecule has 2 aromatic rings. The number of hydrogen-bond donors (Lipinski definition) is 2. The number of ether oxygens (including phenoxy) is 4. The van der Waals surface area contributed by atoms with Crippen LogP contribution in [0.5, 0.6) is 11.5 Å². The second-order valence-corrected chi connectivity index (χ2v) is 8.48.